The third-order valence-electron chi connectivity index (χ3n) is 6.07. The zero-order chi connectivity index (χ0) is 35.9. The number of aromatic nitrogens is 3. The van der Waals surface area contributed by atoms with Crippen LogP contribution in [0.5, 0.6) is 0 Å². The number of thiophene rings is 1. The van der Waals surface area contributed by atoms with Gasteiger partial charge in [-0.15, -0.1) is 22.7 Å². The molecule has 0 aliphatic rings. The van der Waals surface area contributed by atoms with Crippen LogP contribution >= 0.6 is 22.7 Å². The highest BCUT2D eigenvalue weighted by molar-refractivity contribution is 7.94. The van der Waals surface area contributed by atoms with Gasteiger partial charge in [0.2, 0.25) is 0 Å². The average Bonchev–Trinajstić information content (AvgIpc) is 3.81. The van der Waals surface area contributed by atoms with Crippen molar-refractivity contribution in [3.8, 4) is 10.7 Å². The summed E-state index contributed by atoms with van der Waals surface area (Å²) in [7, 11) is -2.04. The highest BCUT2D eigenvalue weighted by Gasteiger charge is 2.39. The average molecular weight is 738 g/mol. The van der Waals surface area contributed by atoms with Crippen molar-refractivity contribution in [2.45, 2.75) is 36.1 Å². The minimum Gasteiger partial charge on any atom is -0.475 e. The van der Waals surface area contributed by atoms with Gasteiger partial charge < -0.3 is 20.5 Å². The van der Waals surface area contributed by atoms with E-state index in [1.54, 1.807) is 42.1 Å². The molecular formula is C28H25F6N5O6S3. The van der Waals surface area contributed by atoms with Gasteiger partial charge in [-0.3, -0.25) is 9.29 Å². The lowest BCUT2D eigenvalue weighted by molar-refractivity contribution is -0.193. The number of anilines is 1. The highest BCUT2D eigenvalue weighted by atomic mass is 32.2. The Morgan fingerprint density at radius 2 is 1.62 bits per heavy atom. The predicted molar refractivity (Wildman–Crippen MR) is 166 cm³/mol. The number of thiazole rings is 1. The lowest BCUT2D eigenvalue weighted by Gasteiger charge is -2.19. The molecule has 48 heavy (non-hydrogen) atoms. The summed E-state index contributed by atoms with van der Waals surface area (Å²) in [5.74, 6) is -5.51. The number of aromatic amines is 1. The molecule has 11 nitrogen and oxygen atoms in total. The van der Waals surface area contributed by atoms with Crippen LogP contribution in [0.15, 0.2) is 76.6 Å². The Kier molecular flexibility index (Phi) is 12.3. The third kappa shape index (κ3) is 9.99. The van der Waals surface area contributed by atoms with E-state index in [4.69, 9.17) is 19.8 Å². The molecular weight excluding hydrogens is 713 g/mol. The summed E-state index contributed by atoms with van der Waals surface area (Å²) in [6, 6.07) is 17.0. The van der Waals surface area contributed by atoms with Crippen molar-refractivity contribution in [3.05, 3.63) is 82.9 Å². The van der Waals surface area contributed by atoms with E-state index in [2.05, 4.69) is 27.2 Å². The number of aliphatic carboxylic acids is 2. The molecule has 1 unspecified atom stereocenters. The number of hydrogen-bond acceptors (Lipinski definition) is 9. The molecule has 0 amide bonds. The first-order valence-electron chi connectivity index (χ1n) is 13.2. The van der Waals surface area contributed by atoms with E-state index in [0.29, 0.717) is 16.4 Å². The van der Waals surface area contributed by atoms with Crippen LogP contribution in [0.25, 0.3) is 21.6 Å². The standard InChI is InChI=1S/C24H23N5O2S3.2C2HF3O2/c1-16(19-8-3-4-11-25-19)26-14-18-15-27-24(33-18)20-13-17-7-5-9-21(23(17)28-20)29(2)34(30,31)22-10-6-12-32-22;2*3-2(4,5)1(6)7/h3-13,15-16,26,28H,14H2,1-2H3;2*(H,6,7). The van der Waals surface area contributed by atoms with Gasteiger partial charge in [0.05, 0.1) is 22.6 Å². The quantitative estimate of drug-likeness (QED) is 0.127. The van der Waals surface area contributed by atoms with E-state index in [1.807, 2.05) is 48.7 Å². The second kappa shape index (κ2) is 15.6. The predicted octanol–water partition coefficient (Wildman–Crippen LogP) is 6.69. The molecule has 1 atom stereocenters. The van der Waals surface area contributed by atoms with E-state index in [-0.39, 0.29) is 6.04 Å². The SMILES string of the molecule is CC(NCc1cnc(-c2cc3cccc(N(C)S(=O)(=O)c4cccs4)c3[nH]2)s1)c1ccccn1.O=C(O)C(F)(F)F.O=C(O)C(F)(F)F. The Morgan fingerprint density at radius 1 is 0.979 bits per heavy atom. The minimum absolute atomic E-state index is 0.128. The maximum Gasteiger partial charge on any atom is 0.490 e. The Hall–Kier alpha value is -4.53. The number of benzene rings is 1. The molecule has 4 heterocycles. The molecule has 0 fully saturated rings. The molecule has 5 aromatic rings. The van der Waals surface area contributed by atoms with Crippen LogP contribution < -0.4 is 9.62 Å². The number of alkyl halides is 6. The number of carboxylic acids is 2. The summed E-state index contributed by atoms with van der Waals surface area (Å²) < 4.78 is 91.2. The fraction of sp³-hybridized carbons (Fsp3) is 0.214. The van der Waals surface area contributed by atoms with Gasteiger partial charge in [0.15, 0.2) is 0 Å². The van der Waals surface area contributed by atoms with Crippen molar-refractivity contribution in [1.29, 1.82) is 0 Å². The van der Waals surface area contributed by atoms with Crippen LogP contribution in [0.1, 0.15) is 23.5 Å². The molecule has 0 aliphatic carbocycles. The fourth-order valence-electron chi connectivity index (χ4n) is 3.70. The first kappa shape index (κ1) is 37.9. The molecule has 4 aromatic heterocycles. The van der Waals surface area contributed by atoms with Gasteiger partial charge in [0.25, 0.3) is 10.0 Å². The summed E-state index contributed by atoms with van der Waals surface area (Å²) in [5.41, 5.74) is 3.22. The van der Waals surface area contributed by atoms with Gasteiger partial charge in [-0.2, -0.15) is 26.3 Å². The number of pyridine rings is 1. The second-order valence-electron chi connectivity index (χ2n) is 9.42. The molecule has 20 heteroatoms. The van der Waals surface area contributed by atoms with Crippen molar-refractivity contribution < 1.29 is 54.6 Å². The summed E-state index contributed by atoms with van der Waals surface area (Å²) in [4.78, 5) is 31.3. The van der Waals surface area contributed by atoms with Crippen LogP contribution in [-0.4, -0.2) is 64.9 Å². The maximum absolute atomic E-state index is 13.0. The molecule has 0 radical (unpaired) electrons. The number of halogens is 6. The molecule has 0 spiro atoms. The number of fused-ring (bicyclic) bond motifs is 1. The molecule has 1 aromatic carbocycles. The molecule has 4 N–H and O–H groups in total. The Bertz CT molecular complexity index is 1900. The largest absolute Gasteiger partial charge is 0.490 e. The minimum atomic E-state index is -5.08. The number of rotatable bonds is 8. The molecule has 258 valence electrons. The Morgan fingerprint density at radius 3 is 2.17 bits per heavy atom. The second-order valence-corrected chi connectivity index (χ2v) is 13.7. The number of nitrogens with one attached hydrogen (secondary N) is 2. The zero-order valence-corrected chi connectivity index (χ0v) is 27.0. The van der Waals surface area contributed by atoms with Gasteiger partial charge in [-0.1, -0.05) is 24.3 Å². The number of H-pyrrole nitrogens is 1. The van der Waals surface area contributed by atoms with Crippen LogP contribution in [0.2, 0.25) is 0 Å². The number of carboxylic acid groups (broad SMARTS) is 2. The van der Waals surface area contributed by atoms with Gasteiger partial charge >= 0.3 is 24.3 Å². The number of sulfonamides is 1. The lowest BCUT2D eigenvalue weighted by Crippen LogP contribution is -2.26. The first-order valence-corrected chi connectivity index (χ1v) is 16.3. The van der Waals surface area contributed by atoms with E-state index >= 15 is 0 Å². The van der Waals surface area contributed by atoms with Crippen molar-refractivity contribution in [2.24, 2.45) is 0 Å². The third-order valence-corrected chi connectivity index (χ3v) is 10.2. The van der Waals surface area contributed by atoms with Gasteiger partial charge in [-0.25, -0.2) is 23.0 Å². The van der Waals surface area contributed by atoms with Crippen LogP contribution in [0, 0.1) is 0 Å². The van der Waals surface area contributed by atoms with E-state index in [1.165, 1.54) is 15.6 Å². The molecule has 0 aliphatic heterocycles. The van der Waals surface area contributed by atoms with Crippen LogP contribution in [-0.2, 0) is 26.2 Å². The van der Waals surface area contributed by atoms with E-state index in [0.717, 1.165) is 32.2 Å². The molecule has 0 bridgehead atoms. The number of para-hydroxylation sites is 1. The summed E-state index contributed by atoms with van der Waals surface area (Å²) in [6.07, 6.45) is -6.50. The summed E-state index contributed by atoms with van der Waals surface area (Å²) in [5, 5.41) is 21.3. The smallest absolute Gasteiger partial charge is 0.475 e. The molecule has 0 saturated carbocycles. The highest BCUT2D eigenvalue weighted by Crippen LogP contribution is 2.34. The van der Waals surface area contributed by atoms with Crippen molar-refractivity contribution >= 4 is 61.2 Å². The van der Waals surface area contributed by atoms with E-state index < -0.39 is 34.3 Å². The molecule has 5 rings (SSSR count). The van der Waals surface area contributed by atoms with E-state index in [9.17, 15) is 34.8 Å². The summed E-state index contributed by atoms with van der Waals surface area (Å²) in [6.45, 7) is 2.77. The monoisotopic (exact) mass is 737 g/mol. The number of hydrogen-bond donors (Lipinski definition) is 4. The van der Waals surface area contributed by atoms with Crippen molar-refractivity contribution in [3.63, 3.8) is 0 Å². The Balaban J connectivity index is 0.000000376. The van der Waals surface area contributed by atoms with Crippen molar-refractivity contribution in [1.82, 2.24) is 20.3 Å². The normalized spacial score (nSPS) is 12.3. The number of nitrogens with zero attached hydrogens (tertiary/aromatic N) is 3. The summed E-state index contributed by atoms with van der Waals surface area (Å²) >= 11 is 2.81. The first-order chi connectivity index (χ1) is 22.3. The van der Waals surface area contributed by atoms with Gasteiger partial charge in [0.1, 0.15) is 9.22 Å². The number of carbonyl (C=O) groups is 2. The Labute approximate surface area is 276 Å². The van der Waals surface area contributed by atoms with Crippen LogP contribution in [0.3, 0.4) is 0 Å². The topological polar surface area (TPSA) is 166 Å². The maximum atomic E-state index is 13.0. The lowest BCUT2D eigenvalue weighted by atomic mass is 10.2. The van der Waals surface area contributed by atoms with Crippen LogP contribution in [0.4, 0.5) is 32.0 Å². The zero-order valence-electron chi connectivity index (χ0n) is 24.6. The molecule has 0 saturated heterocycles. The fourth-order valence-corrected chi connectivity index (χ4v) is 6.90. The van der Waals surface area contributed by atoms with Crippen molar-refractivity contribution in [2.75, 3.05) is 11.4 Å². The van der Waals surface area contributed by atoms with Gasteiger partial charge in [0, 0.05) is 42.3 Å². The van der Waals surface area contributed by atoms with Gasteiger partial charge in [-0.05, 0) is 42.6 Å².